The number of rotatable bonds is 4. The average Bonchev–Trinajstić information content (AvgIpc) is 3.10. The van der Waals surface area contributed by atoms with Gasteiger partial charge in [0, 0.05) is 13.1 Å². The second-order valence-corrected chi connectivity index (χ2v) is 10.1. The molecule has 1 saturated carbocycles. The van der Waals surface area contributed by atoms with Crippen molar-refractivity contribution >= 4 is 23.5 Å². The molecule has 3 aliphatic rings. The first-order valence-electron chi connectivity index (χ1n) is 12.0. The van der Waals surface area contributed by atoms with Gasteiger partial charge in [-0.15, -0.1) is 6.58 Å². The summed E-state index contributed by atoms with van der Waals surface area (Å²) in [5.41, 5.74) is 6.18. The molecule has 1 aliphatic carbocycles. The number of nitrogens with one attached hydrogen (secondary N) is 2. The first-order valence-corrected chi connectivity index (χ1v) is 12.0. The van der Waals surface area contributed by atoms with Crippen LogP contribution in [0.5, 0.6) is 0 Å². The second-order valence-electron chi connectivity index (χ2n) is 10.1. The maximum atomic E-state index is 13.4. The van der Waals surface area contributed by atoms with Crippen molar-refractivity contribution in [2.45, 2.75) is 83.3 Å². The minimum absolute atomic E-state index is 0.0351. The van der Waals surface area contributed by atoms with Crippen molar-refractivity contribution in [1.82, 2.24) is 15.5 Å². The highest BCUT2D eigenvalue weighted by Gasteiger charge is 2.69. The molecule has 0 spiro atoms. The predicted molar refractivity (Wildman–Crippen MR) is 121 cm³/mol. The third kappa shape index (κ3) is 5.05. The SMILES string of the molecule is C=CCNC(=O)C(=O)[C@@H]1CCCCCCCC[C@H](N)C(=O)N2C[C@H]3[C@@H]([C@H]2C(=O)N1)C3(C)C. The van der Waals surface area contributed by atoms with Gasteiger partial charge in [-0.25, -0.2) is 0 Å². The summed E-state index contributed by atoms with van der Waals surface area (Å²) >= 11 is 0. The molecule has 0 bridgehead atoms. The van der Waals surface area contributed by atoms with Crippen LogP contribution < -0.4 is 16.4 Å². The molecule has 178 valence electrons. The Morgan fingerprint density at radius 2 is 1.78 bits per heavy atom. The first kappa shape index (κ1) is 24.4. The van der Waals surface area contributed by atoms with Gasteiger partial charge >= 0.3 is 0 Å². The number of hydrogen-bond acceptors (Lipinski definition) is 5. The van der Waals surface area contributed by atoms with Gasteiger partial charge in [0.25, 0.3) is 5.91 Å². The molecular formula is C24H38N4O4. The average molecular weight is 447 g/mol. The van der Waals surface area contributed by atoms with E-state index in [9.17, 15) is 19.2 Å². The number of nitrogens with two attached hydrogens (primary N) is 1. The van der Waals surface area contributed by atoms with Gasteiger partial charge in [-0.05, 0) is 30.1 Å². The molecule has 3 fully saturated rings. The van der Waals surface area contributed by atoms with Gasteiger partial charge < -0.3 is 21.3 Å². The molecule has 0 aromatic heterocycles. The fourth-order valence-electron chi connectivity index (χ4n) is 5.51. The van der Waals surface area contributed by atoms with E-state index in [-0.39, 0.29) is 35.6 Å². The van der Waals surface area contributed by atoms with Crippen molar-refractivity contribution < 1.29 is 19.2 Å². The van der Waals surface area contributed by atoms with Gasteiger partial charge in [-0.2, -0.15) is 0 Å². The van der Waals surface area contributed by atoms with Gasteiger partial charge in [0.05, 0.1) is 12.1 Å². The van der Waals surface area contributed by atoms with E-state index in [1.807, 2.05) is 0 Å². The van der Waals surface area contributed by atoms with Crippen LogP contribution in [-0.2, 0) is 19.2 Å². The smallest absolute Gasteiger partial charge is 0.289 e. The highest BCUT2D eigenvalue weighted by Crippen LogP contribution is 2.64. The molecule has 0 aromatic rings. The maximum Gasteiger partial charge on any atom is 0.289 e. The first-order chi connectivity index (χ1) is 15.2. The molecule has 0 unspecified atom stereocenters. The van der Waals surface area contributed by atoms with Crippen molar-refractivity contribution in [2.75, 3.05) is 13.1 Å². The van der Waals surface area contributed by atoms with E-state index in [0.717, 1.165) is 38.5 Å². The van der Waals surface area contributed by atoms with Crippen LogP contribution in [0.4, 0.5) is 0 Å². The van der Waals surface area contributed by atoms with Gasteiger partial charge in [-0.1, -0.05) is 58.4 Å². The lowest BCUT2D eigenvalue weighted by Gasteiger charge is -2.32. The molecule has 32 heavy (non-hydrogen) atoms. The summed E-state index contributed by atoms with van der Waals surface area (Å²) in [4.78, 5) is 53.2. The highest BCUT2D eigenvalue weighted by molar-refractivity contribution is 6.38. The summed E-state index contributed by atoms with van der Waals surface area (Å²) in [6, 6.07) is -2.16. The zero-order valence-electron chi connectivity index (χ0n) is 19.4. The van der Waals surface area contributed by atoms with E-state index in [4.69, 9.17) is 5.73 Å². The molecule has 3 rings (SSSR count). The normalized spacial score (nSPS) is 33.1. The number of carbonyl (C=O) groups excluding carboxylic acids is 4. The van der Waals surface area contributed by atoms with Crippen LogP contribution in [0.15, 0.2) is 12.7 Å². The Bertz CT molecular complexity index is 765. The molecule has 3 amide bonds. The molecule has 8 heteroatoms. The monoisotopic (exact) mass is 446 g/mol. The van der Waals surface area contributed by atoms with E-state index < -0.39 is 29.8 Å². The van der Waals surface area contributed by atoms with Crippen molar-refractivity contribution in [3.05, 3.63) is 12.7 Å². The van der Waals surface area contributed by atoms with E-state index in [1.165, 1.54) is 6.08 Å². The second kappa shape index (κ2) is 10.1. The van der Waals surface area contributed by atoms with Crippen molar-refractivity contribution in [3.63, 3.8) is 0 Å². The summed E-state index contributed by atoms with van der Waals surface area (Å²) < 4.78 is 0. The number of ketones is 1. The third-order valence-electron chi connectivity index (χ3n) is 7.60. The predicted octanol–water partition coefficient (Wildman–Crippen LogP) is 1.29. The van der Waals surface area contributed by atoms with Gasteiger partial charge in [0.1, 0.15) is 6.04 Å². The van der Waals surface area contributed by atoms with E-state index in [0.29, 0.717) is 19.4 Å². The molecule has 5 atom stereocenters. The van der Waals surface area contributed by atoms with Crippen LogP contribution in [0.3, 0.4) is 0 Å². The summed E-state index contributed by atoms with van der Waals surface area (Å²) in [6.07, 6.45) is 8.13. The summed E-state index contributed by atoms with van der Waals surface area (Å²) in [7, 11) is 0. The molecule has 0 radical (unpaired) electrons. The van der Waals surface area contributed by atoms with Crippen molar-refractivity contribution in [1.29, 1.82) is 0 Å². The minimum atomic E-state index is -0.899. The van der Waals surface area contributed by atoms with Crippen LogP contribution in [0.1, 0.15) is 65.2 Å². The molecule has 4 N–H and O–H groups in total. The Morgan fingerprint density at radius 3 is 2.44 bits per heavy atom. The maximum absolute atomic E-state index is 13.4. The number of amides is 3. The number of Topliss-reactive ketones (excluding diaryl/α,β-unsaturated/α-hetero) is 1. The Hall–Kier alpha value is -2.22. The van der Waals surface area contributed by atoms with Gasteiger partial charge in [0.15, 0.2) is 0 Å². The zero-order valence-corrected chi connectivity index (χ0v) is 19.4. The van der Waals surface area contributed by atoms with E-state index in [1.54, 1.807) is 4.90 Å². The van der Waals surface area contributed by atoms with Crippen LogP contribution >= 0.6 is 0 Å². The molecular weight excluding hydrogens is 408 g/mol. The number of carbonyl (C=O) groups is 4. The summed E-state index contributed by atoms with van der Waals surface area (Å²) in [6.45, 7) is 8.46. The Kier molecular flexibility index (Phi) is 7.75. The largest absolute Gasteiger partial charge is 0.346 e. The fourth-order valence-corrected chi connectivity index (χ4v) is 5.51. The zero-order chi connectivity index (χ0) is 23.5. The van der Waals surface area contributed by atoms with E-state index in [2.05, 4.69) is 31.1 Å². The van der Waals surface area contributed by atoms with Crippen LogP contribution in [0, 0.1) is 17.3 Å². The lowest BCUT2D eigenvalue weighted by molar-refractivity contribution is -0.143. The number of piperidine rings is 1. The summed E-state index contributed by atoms with van der Waals surface area (Å²) in [5, 5.41) is 5.34. The number of hydrogen-bond donors (Lipinski definition) is 3. The molecule has 0 aromatic carbocycles. The van der Waals surface area contributed by atoms with E-state index >= 15 is 0 Å². The standard InChI is InChI=1S/C24H38N4O4/c1-4-13-26-22(31)20(29)17-12-10-8-6-5-7-9-11-16(25)23(32)28-14-15-18(24(15,2)3)19(28)21(30)27-17/h4,15-19H,1,5-14,25H2,2-3H3,(H,26,31)(H,27,30)/t15-,16-,17-,18-,19-/m0/s1. The summed E-state index contributed by atoms with van der Waals surface area (Å²) in [5.74, 6) is -1.62. The topological polar surface area (TPSA) is 122 Å². The van der Waals surface area contributed by atoms with Crippen molar-refractivity contribution in [2.24, 2.45) is 23.0 Å². The Balaban J connectivity index is 1.81. The molecule has 2 heterocycles. The molecule has 8 nitrogen and oxygen atoms in total. The van der Waals surface area contributed by atoms with Crippen LogP contribution in [0.25, 0.3) is 0 Å². The lowest BCUT2D eigenvalue weighted by atomic mass is 9.98. The lowest BCUT2D eigenvalue weighted by Crippen LogP contribution is -2.57. The van der Waals surface area contributed by atoms with Gasteiger partial charge in [0.2, 0.25) is 17.6 Å². The Labute approximate surface area is 190 Å². The quantitative estimate of drug-likeness (QED) is 0.444. The third-order valence-corrected chi connectivity index (χ3v) is 7.60. The van der Waals surface area contributed by atoms with Crippen LogP contribution in [-0.4, -0.2) is 59.6 Å². The Morgan fingerprint density at radius 1 is 1.16 bits per heavy atom. The van der Waals surface area contributed by atoms with Crippen molar-refractivity contribution in [3.8, 4) is 0 Å². The number of fused-ring (bicyclic) bond motifs is 3. The number of nitrogens with zero attached hydrogens (tertiary/aromatic N) is 1. The fraction of sp³-hybridized carbons (Fsp3) is 0.750. The van der Waals surface area contributed by atoms with Crippen LogP contribution in [0.2, 0.25) is 0 Å². The molecule has 2 aliphatic heterocycles. The van der Waals surface area contributed by atoms with Gasteiger partial charge in [-0.3, -0.25) is 19.2 Å². The molecule has 2 saturated heterocycles. The minimum Gasteiger partial charge on any atom is -0.346 e. The highest BCUT2D eigenvalue weighted by atomic mass is 16.2.